The molecule has 1 rings (SSSR count). The Bertz CT molecular complexity index is 374. The summed E-state index contributed by atoms with van der Waals surface area (Å²) in [5.74, 6) is -1.03. The first-order chi connectivity index (χ1) is 7.00. The van der Waals surface area contributed by atoms with Crippen molar-refractivity contribution in [1.82, 2.24) is 5.06 Å². The van der Waals surface area contributed by atoms with Crippen LogP contribution in [0.1, 0.15) is 15.9 Å². The lowest BCUT2D eigenvalue weighted by Gasteiger charge is -2.11. The van der Waals surface area contributed by atoms with E-state index in [1.165, 1.54) is 24.3 Å². The first-order valence-corrected chi connectivity index (χ1v) is 4.09. The van der Waals surface area contributed by atoms with Gasteiger partial charge in [-0.15, -0.1) is 0 Å². The second-order valence-corrected chi connectivity index (χ2v) is 2.90. The largest absolute Gasteiger partial charge is 0.478 e. The number of nitrogens with zero attached hydrogens (tertiary/aromatic N) is 1. The molecule has 0 spiro atoms. The third-order valence-electron chi connectivity index (χ3n) is 1.79. The summed E-state index contributed by atoms with van der Waals surface area (Å²) in [5.41, 5.74) is 5.53. The predicted molar refractivity (Wildman–Crippen MR) is 50.3 cm³/mol. The van der Waals surface area contributed by atoms with Crippen molar-refractivity contribution >= 4 is 12.0 Å². The number of amides is 2. The molecule has 0 heterocycles. The molecule has 4 N–H and O–H groups in total. The highest BCUT2D eigenvalue weighted by atomic mass is 16.5. The van der Waals surface area contributed by atoms with Gasteiger partial charge < -0.3 is 10.8 Å². The molecule has 0 atom stereocenters. The van der Waals surface area contributed by atoms with Gasteiger partial charge in [0.25, 0.3) is 0 Å². The number of primary amides is 1. The van der Waals surface area contributed by atoms with Crippen LogP contribution in [0, 0.1) is 0 Å². The van der Waals surface area contributed by atoms with Gasteiger partial charge in [-0.05, 0) is 17.7 Å². The zero-order valence-corrected chi connectivity index (χ0v) is 7.75. The van der Waals surface area contributed by atoms with E-state index in [1.54, 1.807) is 0 Å². The number of carboxylic acid groups (broad SMARTS) is 1. The Labute approximate surface area is 85.5 Å². The van der Waals surface area contributed by atoms with Crippen molar-refractivity contribution < 1.29 is 19.9 Å². The van der Waals surface area contributed by atoms with Crippen molar-refractivity contribution in [2.45, 2.75) is 6.54 Å². The molecule has 0 aromatic heterocycles. The number of hydrogen-bond donors (Lipinski definition) is 3. The standard InChI is InChI=1S/C9H10N2O4/c10-9(14)11(15)5-6-1-3-7(4-2-6)8(12)13/h1-4,15H,5H2,(H2,10,14)(H,12,13). The van der Waals surface area contributed by atoms with Crippen molar-refractivity contribution in [1.29, 1.82) is 0 Å². The highest BCUT2D eigenvalue weighted by Crippen LogP contribution is 2.06. The topological polar surface area (TPSA) is 104 Å². The molecule has 1 aromatic carbocycles. The SMILES string of the molecule is NC(=O)N(O)Cc1ccc(C(=O)O)cc1. The smallest absolute Gasteiger partial charge is 0.338 e. The Morgan fingerprint density at radius 3 is 2.20 bits per heavy atom. The maximum Gasteiger partial charge on any atom is 0.338 e. The molecule has 15 heavy (non-hydrogen) atoms. The Hall–Kier alpha value is -2.08. The summed E-state index contributed by atoms with van der Waals surface area (Å²) in [5, 5.41) is 18.0. The number of carbonyl (C=O) groups is 2. The van der Waals surface area contributed by atoms with Crippen LogP contribution in [0.5, 0.6) is 0 Å². The Kier molecular flexibility index (Phi) is 3.25. The van der Waals surface area contributed by atoms with Gasteiger partial charge in [0.1, 0.15) is 0 Å². The van der Waals surface area contributed by atoms with E-state index in [0.29, 0.717) is 10.6 Å². The van der Waals surface area contributed by atoms with Crippen molar-refractivity contribution in [3.05, 3.63) is 35.4 Å². The van der Waals surface area contributed by atoms with Gasteiger partial charge in [-0.3, -0.25) is 5.21 Å². The Morgan fingerprint density at radius 1 is 1.27 bits per heavy atom. The Morgan fingerprint density at radius 2 is 1.80 bits per heavy atom. The van der Waals surface area contributed by atoms with E-state index in [2.05, 4.69) is 0 Å². The summed E-state index contributed by atoms with van der Waals surface area (Å²) in [6, 6.07) is 4.79. The number of hydrogen-bond acceptors (Lipinski definition) is 3. The van der Waals surface area contributed by atoms with Crippen molar-refractivity contribution in [2.24, 2.45) is 5.73 Å². The average Bonchev–Trinajstić information content (AvgIpc) is 2.18. The fourth-order valence-electron chi connectivity index (χ4n) is 1.00. The van der Waals surface area contributed by atoms with E-state index in [9.17, 15) is 9.59 Å². The fourth-order valence-corrected chi connectivity index (χ4v) is 1.00. The highest BCUT2D eigenvalue weighted by Gasteiger charge is 2.07. The first-order valence-electron chi connectivity index (χ1n) is 4.09. The molecule has 0 radical (unpaired) electrons. The molecule has 0 saturated heterocycles. The number of rotatable bonds is 3. The van der Waals surface area contributed by atoms with Crippen molar-refractivity contribution in [2.75, 3.05) is 0 Å². The van der Waals surface area contributed by atoms with E-state index < -0.39 is 12.0 Å². The molecule has 0 aliphatic carbocycles. The van der Waals surface area contributed by atoms with Crippen LogP contribution in [-0.2, 0) is 6.54 Å². The summed E-state index contributed by atoms with van der Waals surface area (Å²) in [6.07, 6.45) is 0. The third kappa shape index (κ3) is 2.96. The number of hydroxylamine groups is 2. The number of nitrogens with two attached hydrogens (primary N) is 1. The summed E-state index contributed by atoms with van der Waals surface area (Å²) >= 11 is 0. The fraction of sp³-hybridized carbons (Fsp3) is 0.111. The minimum atomic E-state index is -1.03. The van der Waals surface area contributed by atoms with E-state index in [4.69, 9.17) is 16.0 Å². The van der Waals surface area contributed by atoms with Crippen molar-refractivity contribution in [3.8, 4) is 0 Å². The highest BCUT2D eigenvalue weighted by molar-refractivity contribution is 5.87. The van der Waals surface area contributed by atoms with E-state index in [0.717, 1.165) is 0 Å². The zero-order valence-electron chi connectivity index (χ0n) is 7.75. The Balaban J connectivity index is 2.72. The van der Waals surface area contributed by atoms with Crippen LogP contribution in [0.2, 0.25) is 0 Å². The van der Waals surface area contributed by atoms with Crippen LogP contribution >= 0.6 is 0 Å². The molecule has 6 nitrogen and oxygen atoms in total. The number of carbonyl (C=O) groups excluding carboxylic acids is 1. The van der Waals surface area contributed by atoms with Gasteiger partial charge in [0.15, 0.2) is 0 Å². The lowest BCUT2D eigenvalue weighted by Crippen LogP contribution is -2.31. The molecule has 1 aromatic rings. The van der Waals surface area contributed by atoms with Crippen LogP contribution < -0.4 is 5.73 Å². The number of urea groups is 1. The van der Waals surface area contributed by atoms with Gasteiger partial charge in [0.2, 0.25) is 0 Å². The van der Waals surface area contributed by atoms with Crippen LogP contribution in [0.25, 0.3) is 0 Å². The van der Waals surface area contributed by atoms with Crippen LogP contribution in [-0.4, -0.2) is 27.4 Å². The lowest BCUT2D eigenvalue weighted by atomic mass is 10.1. The molecule has 0 saturated carbocycles. The maximum absolute atomic E-state index is 10.5. The quantitative estimate of drug-likeness (QED) is 0.503. The van der Waals surface area contributed by atoms with E-state index >= 15 is 0 Å². The molecule has 6 heteroatoms. The number of benzene rings is 1. The van der Waals surface area contributed by atoms with Gasteiger partial charge >= 0.3 is 12.0 Å². The minimum Gasteiger partial charge on any atom is -0.478 e. The maximum atomic E-state index is 10.5. The summed E-state index contributed by atoms with van der Waals surface area (Å²) in [4.78, 5) is 21.0. The molecule has 0 aliphatic heterocycles. The molecule has 2 amide bonds. The van der Waals surface area contributed by atoms with Gasteiger partial charge in [-0.2, -0.15) is 0 Å². The zero-order chi connectivity index (χ0) is 11.4. The van der Waals surface area contributed by atoms with Gasteiger partial charge in [0.05, 0.1) is 12.1 Å². The van der Waals surface area contributed by atoms with E-state index in [1.807, 2.05) is 0 Å². The minimum absolute atomic E-state index is 0.0742. The van der Waals surface area contributed by atoms with Crippen molar-refractivity contribution in [3.63, 3.8) is 0 Å². The third-order valence-corrected chi connectivity index (χ3v) is 1.79. The number of aromatic carboxylic acids is 1. The molecule has 80 valence electrons. The average molecular weight is 210 g/mol. The summed E-state index contributed by atoms with van der Waals surface area (Å²) in [6.45, 7) is -0.0742. The first kappa shape index (κ1) is 11.0. The molecule has 0 unspecified atom stereocenters. The molecular weight excluding hydrogens is 200 g/mol. The number of carboxylic acids is 1. The summed E-state index contributed by atoms with van der Waals surface area (Å²) < 4.78 is 0. The molecule has 0 aliphatic rings. The lowest BCUT2D eigenvalue weighted by molar-refractivity contribution is -0.0470. The van der Waals surface area contributed by atoms with Crippen LogP contribution in [0.4, 0.5) is 4.79 Å². The second-order valence-electron chi connectivity index (χ2n) is 2.90. The van der Waals surface area contributed by atoms with Gasteiger partial charge in [0, 0.05) is 0 Å². The van der Waals surface area contributed by atoms with Crippen LogP contribution in [0.15, 0.2) is 24.3 Å². The van der Waals surface area contributed by atoms with Gasteiger partial charge in [-0.1, -0.05) is 12.1 Å². The second kappa shape index (κ2) is 4.43. The monoisotopic (exact) mass is 210 g/mol. The van der Waals surface area contributed by atoms with E-state index in [-0.39, 0.29) is 12.1 Å². The predicted octanol–water partition coefficient (Wildman–Crippen LogP) is 0.655. The molecule has 0 bridgehead atoms. The summed E-state index contributed by atoms with van der Waals surface area (Å²) in [7, 11) is 0. The normalized spacial score (nSPS) is 9.67. The molecule has 0 fully saturated rings. The molecular formula is C9H10N2O4. The van der Waals surface area contributed by atoms with Crippen LogP contribution in [0.3, 0.4) is 0 Å². The van der Waals surface area contributed by atoms with Gasteiger partial charge in [-0.25, -0.2) is 14.7 Å².